The van der Waals surface area contributed by atoms with Crippen molar-refractivity contribution in [2.75, 3.05) is 6.61 Å². The molecule has 0 saturated carbocycles. The molecule has 2 atom stereocenters. The number of rotatable bonds is 10. The lowest BCUT2D eigenvalue weighted by Crippen LogP contribution is -2.45. The van der Waals surface area contributed by atoms with Crippen molar-refractivity contribution in [1.82, 2.24) is 10.6 Å². The first kappa shape index (κ1) is 24.2. The van der Waals surface area contributed by atoms with Crippen LogP contribution >= 0.6 is 0 Å². The van der Waals surface area contributed by atoms with E-state index in [4.69, 9.17) is 9.84 Å². The number of nitrogens with one attached hydrogen (secondary N) is 2. The monoisotopic (exact) mass is 460 g/mol. The minimum atomic E-state index is -3.00. The molecule has 3 rings (SSSR count). The number of carbonyl (C=O) groups excluding carboxylic acids is 2. The van der Waals surface area contributed by atoms with Crippen molar-refractivity contribution in [2.45, 2.75) is 50.6 Å². The van der Waals surface area contributed by atoms with Crippen molar-refractivity contribution in [1.29, 1.82) is 0 Å². The summed E-state index contributed by atoms with van der Waals surface area (Å²) in [7, 11) is 0. The van der Waals surface area contributed by atoms with E-state index in [0.717, 1.165) is 22.3 Å². The predicted molar refractivity (Wildman–Crippen MR) is 117 cm³/mol. The van der Waals surface area contributed by atoms with Gasteiger partial charge in [0.25, 0.3) is 6.43 Å². The fourth-order valence-corrected chi connectivity index (χ4v) is 3.99. The summed E-state index contributed by atoms with van der Waals surface area (Å²) < 4.78 is 32.1. The van der Waals surface area contributed by atoms with E-state index in [9.17, 15) is 23.2 Å². The van der Waals surface area contributed by atoms with E-state index in [1.807, 2.05) is 48.5 Å². The number of alkyl halides is 2. The van der Waals surface area contributed by atoms with E-state index in [1.165, 1.54) is 0 Å². The Labute approximate surface area is 190 Å². The minimum absolute atomic E-state index is 0.0431. The third kappa shape index (κ3) is 6.06. The number of halogens is 2. The highest BCUT2D eigenvalue weighted by molar-refractivity contribution is 5.80. The average Bonchev–Trinajstić information content (AvgIpc) is 3.10. The van der Waals surface area contributed by atoms with Gasteiger partial charge in [0.2, 0.25) is 5.91 Å². The third-order valence-electron chi connectivity index (χ3n) is 5.64. The van der Waals surface area contributed by atoms with E-state index in [1.54, 1.807) is 6.92 Å². The Bertz CT molecular complexity index is 968. The second-order valence-corrected chi connectivity index (χ2v) is 7.89. The molecule has 3 N–H and O–H groups in total. The number of amides is 2. The van der Waals surface area contributed by atoms with Gasteiger partial charge in [-0.1, -0.05) is 55.5 Å². The fourth-order valence-electron chi connectivity index (χ4n) is 3.99. The molecule has 33 heavy (non-hydrogen) atoms. The Morgan fingerprint density at radius 1 is 0.970 bits per heavy atom. The Morgan fingerprint density at radius 2 is 1.55 bits per heavy atom. The molecule has 0 saturated heterocycles. The Kier molecular flexibility index (Phi) is 7.97. The van der Waals surface area contributed by atoms with Crippen LogP contribution < -0.4 is 10.6 Å². The van der Waals surface area contributed by atoms with Crippen LogP contribution in [0.5, 0.6) is 0 Å². The molecule has 2 amide bonds. The van der Waals surface area contributed by atoms with Gasteiger partial charge in [-0.2, -0.15) is 0 Å². The van der Waals surface area contributed by atoms with Gasteiger partial charge in [-0.15, -0.1) is 0 Å². The lowest BCUT2D eigenvalue weighted by atomic mass is 9.98. The largest absolute Gasteiger partial charge is 0.481 e. The topological polar surface area (TPSA) is 105 Å². The van der Waals surface area contributed by atoms with Gasteiger partial charge in [-0.05, 0) is 28.7 Å². The summed E-state index contributed by atoms with van der Waals surface area (Å²) in [5.41, 5.74) is 4.05. The minimum Gasteiger partial charge on any atom is -0.481 e. The molecule has 0 aromatic heterocycles. The number of aliphatic carboxylic acids is 1. The van der Waals surface area contributed by atoms with E-state index in [-0.39, 0.29) is 18.9 Å². The zero-order valence-corrected chi connectivity index (χ0v) is 18.1. The first-order chi connectivity index (χ1) is 15.8. The van der Waals surface area contributed by atoms with Crippen LogP contribution in [0.1, 0.15) is 43.2 Å². The van der Waals surface area contributed by atoms with Crippen LogP contribution in [0.15, 0.2) is 48.5 Å². The third-order valence-corrected chi connectivity index (χ3v) is 5.64. The molecular weight excluding hydrogens is 434 g/mol. The number of carboxylic acid groups (broad SMARTS) is 1. The summed E-state index contributed by atoms with van der Waals surface area (Å²) in [4.78, 5) is 35.2. The number of carbonyl (C=O) groups is 3. The van der Waals surface area contributed by atoms with Crippen LogP contribution in [-0.4, -0.2) is 48.2 Å². The van der Waals surface area contributed by atoms with Gasteiger partial charge in [-0.25, -0.2) is 13.6 Å². The van der Waals surface area contributed by atoms with Gasteiger partial charge in [0, 0.05) is 12.0 Å². The van der Waals surface area contributed by atoms with E-state index >= 15 is 0 Å². The summed E-state index contributed by atoms with van der Waals surface area (Å²) in [5, 5.41) is 13.3. The molecule has 1 unspecified atom stereocenters. The SMILES string of the molecule is CC[C@@H](CC(=O)O)NC(=O)CC(NC(=O)OCC1c2ccccc2-c2ccccc21)C(F)F. The first-order valence-corrected chi connectivity index (χ1v) is 10.7. The summed E-state index contributed by atoms with van der Waals surface area (Å²) in [5.74, 6) is -2.10. The quantitative estimate of drug-likeness (QED) is 0.499. The van der Waals surface area contributed by atoms with E-state index < -0.39 is 42.9 Å². The van der Waals surface area contributed by atoms with Gasteiger partial charge in [0.1, 0.15) is 12.6 Å². The maximum absolute atomic E-state index is 13.4. The van der Waals surface area contributed by atoms with Crippen molar-refractivity contribution >= 4 is 18.0 Å². The maximum Gasteiger partial charge on any atom is 0.407 e. The number of fused-ring (bicyclic) bond motifs is 3. The Hall–Kier alpha value is -3.49. The molecule has 1 aliphatic carbocycles. The van der Waals surface area contributed by atoms with Crippen LogP contribution in [0.2, 0.25) is 0 Å². The summed E-state index contributed by atoms with van der Waals surface area (Å²) in [6, 6.07) is 13.0. The van der Waals surface area contributed by atoms with Crippen molar-refractivity contribution in [2.24, 2.45) is 0 Å². The molecule has 0 radical (unpaired) electrons. The van der Waals surface area contributed by atoms with Gasteiger partial charge in [0.15, 0.2) is 0 Å². The van der Waals surface area contributed by atoms with Crippen molar-refractivity contribution in [3.8, 4) is 11.1 Å². The molecule has 0 fully saturated rings. The van der Waals surface area contributed by atoms with Gasteiger partial charge in [0.05, 0.1) is 12.8 Å². The normalized spacial score (nSPS) is 14.2. The predicted octanol–water partition coefficient (Wildman–Crippen LogP) is 3.92. The van der Waals surface area contributed by atoms with Crippen LogP contribution in [0, 0.1) is 0 Å². The standard InChI is InChI=1S/C24H26F2N2O5/c1-2-14(11-22(30)31)27-21(29)12-20(23(25)26)28-24(32)33-13-19-17-9-5-3-7-15(17)16-8-4-6-10-18(16)19/h3-10,14,19-20,23H,2,11-13H2,1H3,(H,27,29)(H,28,32)(H,30,31)/t14-,20?/m0/s1. The smallest absolute Gasteiger partial charge is 0.407 e. The summed E-state index contributed by atoms with van der Waals surface area (Å²) in [6.45, 7) is 1.63. The molecule has 2 aromatic carbocycles. The Balaban J connectivity index is 1.59. The van der Waals surface area contributed by atoms with Crippen molar-refractivity contribution in [3.05, 3.63) is 59.7 Å². The van der Waals surface area contributed by atoms with Crippen LogP contribution in [0.3, 0.4) is 0 Å². The molecule has 0 aliphatic heterocycles. The fraction of sp³-hybridized carbons (Fsp3) is 0.375. The zero-order chi connectivity index (χ0) is 24.0. The highest BCUT2D eigenvalue weighted by Crippen LogP contribution is 2.44. The molecule has 9 heteroatoms. The van der Waals surface area contributed by atoms with E-state index in [2.05, 4.69) is 10.6 Å². The average molecular weight is 460 g/mol. The number of benzene rings is 2. The number of hydrogen-bond acceptors (Lipinski definition) is 4. The van der Waals surface area contributed by atoms with Crippen LogP contribution in [-0.2, 0) is 14.3 Å². The molecule has 0 bridgehead atoms. The van der Waals surface area contributed by atoms with E-state index in [0.29, 0.717) is 6.42 Å². The molecule has 0 spiro atoms. The highest BCUT2D eigenvalue weighted by Gasteiger charge is 2.31. The number of hydrogen-bond donors (Lipinski definition) is 3. The van der Waals surface area contributed by atoms with Crippen LogP contribution in [0.4, 0.5) is 13.6 Å². The lowest BCUT2D eigenvalue weighted by Gasteiger charge is -2.21. The molecule has 176 valence electrons. The lowest BCUT2D eigenvalue weighted by molar-refractivity contribution is -0.137. The summed E-state index contributed by atoms with van der Waals surface area (Å²) in [6.07, 6.45) is -4.74. The van der Waals surface area contributed by atoms with Crippen molar-refractivity contribution in [3.63, 3.8) is 0 Å². The van der Waals surface area contributed by atoms with Gasteiger partial charge in [-0.3, -0.25) is 9.59 Å². The van der Waals surface area contributed by atoms with Gasteiger partial charge < -0.3 is 20.5 Å². The first-order valence-electron chi connectivity index (χ1n) is 10.7. The molecule has 0 heterocycles. The molecule has 1 aliphatic rings. The number of alkyl carbamates (subject to hydrolysis) is 1. The van der Waals surface area contributed by atoms with Crippen LogP contribution in [0.25, 0.3) is 11.1 Å². The highest BCUT2D eigenvalue weighted by atomic mass is 19.3. The molecule has 2 aromatic rings. The zero-order valence-electron chi connectivity index (χ0n) is 18.1. The second kappa shape index (κ2) is 10.9. The van der Waals surface area contributed by atoms with Crippen molar-refractivity contribution < 1.29 is 33.0 Å². The maximum atomic E-state index is 13.4. The Morgan fingerprint density at radius 3 is 2.06 bits per heavy atom. The summed E-state index contributed by atoms with van der Waals surface area (Å²) >= 11 is 0. The van der Waals surface area contributed by atoms with Gasteiger partial charge >= 0.3 is 12.1 Å². The molecule has 7 nitrogen and oxygen atoms in total. The number of carboxylic acids is 1. The number of ether oxygens (including phenoxy) is 1. The second-order valence-electron chi connectivity index (χ2n) is 7.89. The molecular formula is C24H26F2N2O5.